The summed E-state index contributed by atoms with van der Waals surface area (Å²) in [6, 6.07) is 6.58. The number of benzene rings is 1. The van der Waals surface area contributed by atoms with Crippen LogP contribution in [-0.4, -0.2) is 28.0 Å². The zero-order valence-electron chi connectivity index (χ0n) is 9.88. The molecule has 0 saturated carbocycles. The minimum absolute atomic E-state index is 0.207. The van der Waals surface area contributed by atoms with Crippen LogP contribution >= 0.6 is 0 Å². The van der Waals surface area contributed by atoms with Crippen LogP contribution in [0.15, 0.2) is 35.5 Å². The Labute approximate surface area is 104 Å². The van der Waals surface area contributed by atoms with Crippen molar-refractivity contribution in [2.24, 2.45) is 4.99 Å². The Balaban J connectivity index is 2.32. The average Bonchev–Trinajstić information content (AvgIpc) is 2.71. The van der Waals surface area contributed by atoms with Crippen molar-refractivity contribution in [2.45, 2.75) is 19.4 Å². The molecule has 0 amide bonds. The first-order valence-electron chi connectivity index (χ1n) is 5.57. The third kappa shape index (κ3) is 2.51. The molecule has 0 saturated heterocycles. The molecule has 1 heterocycles. The smallest absolute Gasteiger partial charge is 0.328 e. The standard InChI is InChI=1S/C13H14N2O3/c1-8(16)15-12(13(17)18)6-9-7-14-11-5-3-2-4-10(9)11/h2-5,7,12,14H,6H2,1H3,(H,15,16)(H,17,18)/p-1/t12-/m0/s1. The lowest BCUT2D eigenvalue weighted by Crippen LogP contribution is -2.25. The van der Waals surface area contributed by atoms with Gasteiger partial charge in [-0.25, -0.2) is 4.79 Å². The van der Waals surface area contributed by atoms with Gasteiger partial charge in [-0.15, -0.1) is 0 Å². The van der Waals surface area contributed by atoms with Gasteiger partial charge in [0, 0.05) is 23.5 Å². The van der Waals surface area contributed by atoms with Gasteiger partial charge < -0.3 is 15.2 Å². The van der Waals surface area contributed by atoms with Crippen molar-refractivity contribution in [2.75, 3.05) is 0 Å². The Morgan fingerprint density at radius 1 is 1.50 bits per heavy atom. The first-order valence-corrected chi connectivity index (χ1v) is 5.57. The highest BCUT2D eigenvalue weighted by atomic mass is 16.4. The van der Waals surface area contributed by atoms with E-state index in [1.54, 1.807) is 6.20 Å². The van der Waals surface area contributed by atoms with Crippen molar-refractivity contribution >= 4 is 22.8 Å². The Morgan fingerprint density at radius 3 is 2.89 bits per heavy atom. The molecule has 2 rings (SSSR count). The van der Waals surface area contributed by atoms with Gasteiger partial charge in [0.2, 0.25) is 0 Å². The van der Waals surface area contributed by atoms with Gasteiger partial charge >= 0.3 is 5.97 Å². The highest BCUT2D eigenvalue weighted by Crippen LogP contribution is 2.19. The van der Waals surface area contributed by atoms with Gasteiger partial charge in [0.1, 0.15) is 6.04 Å². The Bertz CT molecular complexity index is 597. The molecular formula is C13H13N2O3-. The monoisotopic (exact) mass is 245 g/mol. The number of nitrogens with one attached hydrogen (secondary N) is 1. The fourth-order valence-electron chi connectivity index (χ4n) is 1.92. The minimum Gasteiger partial charge on any atom is -0.862 e. The first-order chi connectivity index (χ1) is 8.58. The van der Waals surface area contributed by atoms with E-state index < -0.39 is 17.9 Å². The highest BCUT2D eigenvalue weighted by Gasteiger charge is 2.17. The van der Waals surface area contributed by atoms with E-state index in [-0.39, 0.29) is 6.42 Å². The predicted molar refractivity (Wildman–Crippen MR) is 66.5 cm³/mol. The lowest BCUT2D eigenvalue weighted by atomic mass is 10.1. The van der Waals surface area contributed by atoms with Gasteiger partial charge in [-0.2, -0.15) is 0 Å². The van der Waals surface area contributed by atoms with Crippen LogP contribution in [0.25, 0.3) is 10.9 Å². The summed E-state index contributed by atoms with van der Waals surface area (Å²) in [5.74, 6) is -1.56. The molecule has 5 nitrogen and oxygen atoms in total. The van der Waals surface area contributed by atoms with E-state index >= 15 is 0 Å². The van der Waals surface area contributed by atoms with Crippen LogP contribution in [-0.2, 0) is 11.2 Å². The number of H-pyrrole nitrogens is 1. The Morgan fingerprint density at radius 2 is 2.22 bits per heavy atom. The van der Waals surface area contributed by atoms with Crippen LogP contribution in [0.4, 0.5) is 0 Å². The summed E-state index contributed by atoms with van der Waals surface area (Å²) in [5.41, 5.74) is 1.79. The number of rotatable bonds is 4. The molecule has 0 aliphatic rings. The largest absolute Gasteiger partial charge is 0.862 e. The molecule has 1 aromatic heterocycles. The lowest BCUT2D eigenvalue weighted by molar-refractivity contribution is -0.216. The second kappa shape index (κ2) is 4.91. The Hall–Kier alpha value is -2.30. The molecule has 2 aromatic rings. The summed E-state index contributed by atoms with van der Waals surface area (Å²) in [4.78, 5) is 17.7. The quantitative estimate of drug-likeness (QED) is 0.620. The number of nitrogens with zero attached hydrogens (tertiary/aromatic N) is 1. The van der Waals surface area contributed by atoms with E-state index in [9.17, 15) is 9.90 Å². The predicted octanol–water partition coefficient (Wildman–Crippen LogP) is 0.942. The van der Waals surface area contributed by atoms with Crippen LogP contribution in [0.1, 0.15) is 12.5 Å². The van der Waals surface area contributed by atoms with Gasteiger partial charge in [0.05, 0.1) is 0 Å². The van der Waals surface area contributed by atoms with E-state index in [1.165, 1.54) is 6.92 Å². The van der Waals surface area contributed by atoms with Crippen molar-refractivity contribution < 1.29 is 15.0 Å². The first kappa shape index (κ1) is 12.2. The van der Waals surface area contributed by atoms with Crippen LogP contribution in [0, 0.1) is 0 Å². The second-order valence-electron chi connectivity index (χ2n) is 4.07. The number of fused-ring (bicyclic) bond motifs is 1. The molecule has 0 bridgehead atoms. The average molecular weight is 245 g/mol. The molecular weight excluding hydrogens is 232 g/mol. The minimum atomic E-state index is -1.09. The van der Waals surface area contributed by atoms with Crippen LogP contribution < -0.4 is 5.11 Å². The molecule has 0 unspecified atom stereocenters. The number of carboxylic acids is 1. The number of carbonyl (C=O) groups is 1. The number of hydrogen-bond donors (Lipinski definition) is 2. The number of aliphatic imine (C=N–C) groups is 1. The number of para-hydroxylation sites is 1. The van der Waals surface area contributed by atoms with Gasteiger partial charge in [0.25, 0.3) is 0 Å². The van der Waals surface area contributed by atoms with Crippen LogP contribution in [0.3, 0.4) is 0 Å². The van der Waals surface area contributed by atoms with E-state index in [2.05, 4.69) is 9.98 Å². The maximum absolute atomic E-state index is 11.0. The summed E-state index contributed by atoms with van der Waals surface area (Å²) < 4.78 is 0. The Kier molecular flexibility index (Phi) is 3.32. The topological polar surface area (TPSA) is 88.5 Å². The summed E-state index contributed by atoms with van der Waals surface area (Å²) in [6.45, 7) is 1.26. The van der Waals surface area contributed by atoms with Gasteiger partial charge in [0.15, 0.2) is 0 Å². The van der Waals surface area contributed by atoms with Gasteiger partial charge in [-0.3, -0.25) is 4.99 Å². The summed E-state index contributed by atoms with van der Waals surface area (Å²) in [7, 11) is 0. The molecule has 0 fully saturated rings. The number of aromatic amines is 1. The fourth-order valence-corrected chi connectivity index (χ4v) is 1.92. The molecule has 0 spiro atoms. The van der Waals surface area contributed by atoms with Gasteiger partial charge in [-0.05, 0) is 24.5 Å². The third-order valence-corrected chi connectivity index (χ3v) is 2.71. The molecule has 5 heteroatoms. The van der Waals surface area contributed by atoms with E-state index in [4.69, 9.17) is 5.11 Å². The van der Waals surface area contributed by atoms with Crippen molar-refractivity contribution in [3.8, 4) is 0 Å². The van der Waals surface area contributed by atoms with E-state index in [0.717, 1.165) is 16.5 Å². The maximum Gasteiger partial charge on any atom is 0.328 e. The SMILES string of the molecule is CC([O-])=N[C@@H](Cc1c[nH]c2ccccc12)C(=O)O. The van der Waals surface area contributed by atoms with Crippen LogP contribution in [0.5, 0.6) is 0 Å². The lowest BCUT2D eigenvalue weighted by Gasteiger charge is -2.11. The molecule has 2 N–H and O–H groups in total. The summed E-state index contributed by atoms with van der Waals surface area (Å²) >= 11 is 0. The summed E-state index contributed by atoms with van der Waals surface area (Å²) in [5, 5.41) is 20.9. The van der Waals surface area contributed by atoms with Crippen LogP contribution in [0.2, 0.25) is 0 Å². The highest BCUT2D eigenvalue weighted by molar-refractivity contribution is 5.85. The summed E-state index contributed by atoms with van der Waals surface area (Å²) in [6.07, 6.45) is 1.97. The molecule has 0 aliphatic heterocycles. The number of hydrogen-bond acceptors (Lipinski definition) is 3. The van der Waals surface area contributed by atoms with Crippen molar-refractivity contribution in [3.63, 3.8) is 0 Å². The molecule has 0 aliphatic carbocycles. The normalized spacial score (nSPS) is 13.7. The molecule has 1 atom stereocenters. The number of carboxylic acid groups (broad SMARTS) is 1. The zero-order valence-corrected chi connectivity index (χ0v) is 9.88. The molecule has 94 valence electrons. The molecule has 0 radical (unpaired) electrons. The van der Waals surface area contributed by atoms with Gasteiger partial charge in [-0.1, -0.05) is 18.2 Å². The van der Waals surface area contributed by atoms with Crippen molar-refractivity contribution in [1.82, 2.24) is 4.98 Å². The second-order valence-corrected chi connectivity index (χ2v) is 4.07. The zero-order chi connectivity index (χ0) is 13.1. The molecule has 18 heavy (non-hydrogen) atoms. The van der Waals surface area contributed by atoms with E-state index in [1.807, 2.05) is 24.3 Å². The van der Waals surface area contributed by atoms with E-state index in [0.29, 0.717) is 0 Å². The fraction of sp³-hybridized carbons (Fsp3) is 0.231. The molecule has 1 aromatic carbocycles. The number of aliphatic carboxylic acids is 1. The van der Waals surface area contributed by atoms with Crippen molar-refractivity contribution in [3.05, 3.63) is 36.0 Å². The van der Waals surface area contributed by atoms with Crippen molar-refractivity contribution in [1.29, 1.82) is 0 Å². The number of aromatic nitrogens is 1. The maximum atomic E-state index is 11.0. The third-order valence-electron chi connectivity index (χ3n) is 2.71.